The first-order chi connectivity index (χ1) is 11.9. The zero-order chi connectivity index (χ0) is 18.6. The van der Waals surface area contributed by atoms with Crippen molar-refractivity contribution in [2.75, 3.05) is 32.0 Å². The Morgan fingerprint density at radius 3 is 1.72 bits per heavy atom. The summed E-state index contributed by atoms with van der Waals surface area (Å²) in [7, 11) is 4.49. The molecule has 7 nitrogen and oxygen atoms in total. The van der Waals surface area contributed by atoms with E-state index in [9.17, 15) is 9.90 Å². The van der Waals surface area contributed by atoms with Crippen LogP contribution < -0.4 is 24.8 Å². The summed E-state index contributed by atoms with van der Waals surface area (Å²) in [5.41, 5.74) is 0.949. The van der Waals surface area contributed by atoms with E-state index >= 15 is 0 Å². The monoisotopic (exact) mass is 474 g/mol. The van der Waals surface area contributed by atoms with Gasteiger partial charge < -0.3 is 30.0 Å². The number of carbonyl (C=O) groups is 1. The summed E-state index contributed by atoms with van der Waals surface area (Å²) in [5, 5.41) is 15.1. The maximum Gasteiger partial charge on any atom is 0.323 e. The van der Waals surface area contributed by atoms with Gasteiger partial charge in [0, 0.05) is 17.8 Å². The molecule has 0 saturated heterocycles. The molecule has 0 aliphatic rings. The first-order valence-electron chi connectivity index (χ1n) is 6.95. The van der Waals surface area contributed by atoms with Crippen molar-refractivity contribution in [3.8, 4) is 23.0 Å². The Labute approximate surface area is 161 Å². The minimum absolute atomic E-state index is 0.0515. The summed E-state index contributed by atoms with van der Waals surface area (Å²) in [6.07, 6.45) is 0. The van der Waals surface area contributed by atoms with Crippen molar-refractivity contribution in [2.45, 2.75) is 0 Å². The Balaban J connectivity index is 2.20. The van der Waals surface area contributed by atoms with E-state index in [0.717, 1.165) is 0 Å². The van der Waals surface area contributed by atoms with E-state index in [-0.39, 0.29) is 5.75 Å². The Hall–Kier alpha value is -2.13. The highest BCUT2D eigenvalue weighted by Crippen LogP contribution is 2.40. The summed E-state index contributed by atoms with van der Waals surface area (Å²) in [5.74, 6) is 1.33. The van der Waals surface area contributed by atoms with Crippen LogP contribution in [0.25, 0.3) is 0 Å². The molecule has 2 aromatic carbocycles. The van der Waals surface area contributed by atoms with Gasteiger partial charge in [-0.15, -0.1) is 0 Å². The molecule has 0 aliphatic heterocycles. The van der Waals surface area contributed by atoms with Gasteiger partial charge >= 0.3 is 6.03 Å². The lowest BCUT2D eigenvalue weighted by Crippen LogP contribution is -2.19. The number of phenolic OH excluding ortho intramolecular Hbond substituents is 1. The fraction of sp³-hybridized carbons (Fsp3) is 0.188. The van der Waals surface area contributed by atoms with Crippen molar-refractivity contribution in [2.24, 2.45) is 0 Å². The summed E-state index contributed by atoms with van der Waals surface area (Å²) in [6.45, 7) is 0. The molecule has 2 aromatic rings. The average molecular weight is 476 g/mol. The number of halogens is 2. The quantitative estimate of drug-likeness (QED) is 0.550. The lowest BCUT2D eigenvalue weighted by molar-refractivity contribution is 0.262. The number of amides is 2. The number of methoxy groups -OCH3 is 3. The Morgan fingerprint density at radius 2 is 1.32 bits per heavy atom. The number of urea groups is 1. The van der Waals surface area contributed by atoms with E-state index in [2.05, 4.69) is 42.5 Å². The Kier molecular flexibility index (Phi) is 6.38. The van der Waals surface area contributed by atoms with Crippen LogP contribution in [-0.4, -0.2) is 32.5 Å². The fourth-order valence-corrected chi connectivity index (χ4v) is 3.27. The van der Waals surface area contributed by atoms with Gasteiger partial charge in [-0.3, -0.25) is 0 Å². The van der Waals surface area contributed by atoms with Gasteiger partial charge in [0.25, 0.3) is 0 Å². The van der Waals surface area contributed by atoms with Crippen LogP contribution in [0.3, 0.4) is 0 Å². The zero-order valence-corrected chi connectivity index (χ0v) is 16.8. The Morgan fingerprint density at radius 1 is 0.880 bits per heavy atom. The predicted octanol–water partition coefficient (Wildman–Crippen LogP) is 4.59. The lowest BCUT2D eigenvalue weighted by Gasteiger charge is -2.15. The van der Waals surface area contributed by atoms with Gasteiger partial charge in [0.2, 0.25) is 5.75 Å². The van der Waals surface area contributed by atoms with Gasteiger partial charge in [0.1, 0.15) is 5.75 Å². The molecule has 25 heavy (non-hydrogen) atoms. The maximum absolute atomic E-state index is 12.2. The molecule has 0 saturated carbocycles. The number of ether oxygens (including phenoxy) is 3. The molecule has 0 heterocycles. The summed E-state index contributed by atoms with van der Waals surface area (Å²) < 4.78 is 16.6. The lowest BCUT2D eigenvalue weighted by atomic mass is 10.2. The number of anilines is 2. The molecule has 0 aliphatic carbocycles. The number of aromatic hydroxyl groups is 1. The molecular formula is C16H16Br2N2O5. The van der Waals surface area contributed by atoms with Crippen molar-refractivity contribution in [1.29, 1.82) is 0 Å². The van der Waals surface area contributed by atoms with Gasteiger partial charge in [0.15, 0.2) is 11.5 Å². The number of hydrogen-bond donors (Lipinski definition) is 3. The van der Waals surface area contributed by atoms with Crippen LogP contribution in [0.1, 0.15) is 0 Å². The van der Waals surface area contributed by atoms with Crippen molar-refractivity contribution >= 4 is 49.3 Å². The molecule has 0 fully saturated rings. The standard InChI is InChI=1S/C16H16Br2N2O5/c1-23-12-6-9(7-13(24-2)15(12)25-3)20-16(22)19-8-4-10(17)14(21)11(18)5-8/h4-7,21H,1-3H3,(H2,19,20,22). The minimum Gasteiger partial charge on any atom is -0.506 e. The highest BCUT2D eigenvalue weighted by molar-refractivity contribution is 9.11. The number of rotatable bonds is 5. The van der Waals surface area contributed by atoms with Crippen LogP contribution in [0.5, 0.6) is 23.0 Å². The molecule has 0 radical (unpaired) electrons. The topological polar surface area (TPSA) is 89.1 Å². The van der Waals surface area contributed by atoms with Crippen molar-refractivity contribution in [3.05, 3.63) is 33.2 Å². The van der Waals surface area contributed by atoms with E-state index in [1.807, 2.05) is 0 Å². The van der Waals surface area contributed by atoms with Gasteiger partial charge in [-0.05, 0) is 44.0 Å². The van der Waals surface area contributed by atoms with Gasteiger partial charge in [-0.1, -0.05) is 0 Å². The highest BCUT2D eigenvalue weighted by atomic mass is 79.9. The molecule has 2 rings (SSSR count). The van der Waals surface area contributed by atoms with Crippen molar-refractivity contribution in [3.63, 3.8) is 0 Å². The molecule has 2 amide bonds. The fourth-order valence-electron chi connectivity index (χ4n) is 2.08. The van der Waals surface area contributed by atoms with Crippen LogP contribution in [-0.2, 0) is 0 Å². The molecular weight excluding hydrogens is 460 g/mol. The number of phenols is 1. The average Bonchev–Trinajstić information content (AvgIpc) is 2.58. The van der Waals surface area contributed by atoms with Crippen molar-refractivity contribution < 1.29 is 24.1 Å². The summed E-state index contributed by atoms with van der Waals surface area (Å²) in [4.78, 5) is 12.2. The van der Waals surface area contributed by atoms with Crippen LogP contribution in [0.2, 0.25) is 0 Å². The van der Waals surface area contributed by atoms with Crippen LogP contribution in [0.15, 0.2) is 33.2 Å². The molecule has 3 N–H and O–H groups in total. The van der Waals surface area contributed by atoms with Crippen molar-refractivity contribution in [1.82, 2.24) is 0 Å². The van der Waals surface area contributed by atoms with E-state index in [1.165, 1.54) is 21.3 Å². The van der Waals surface area contributed by atoms with Gasteiger partial charge in [-0.2, -0.15) is 0 Å². The molecule has 0 spiro atoms. The van der Waals surface area contributed by atoms with E-state index in [1.54, 1.807) is 24.3 Å². The van der Waals surface area contributed by atoms with Crippen LogP contribution in [0.4, 0.5) is 16.2 Å². The third kappa shape index (κ3) is 4.49. The van der Waals surface area contributed by atoms with E-state index < -0.39 is 6.03 Å². The van der Waals surface area contributed by atoms with Gasteiger partial charge in [0.05, 0.1) is 36.0 Å². The summed E-state index contributed by atoms with van der Waals surface area (Å²) in [6, 6.07) is 5.91. The Bertz CT molecular complexity index is 750. The SMILES string of the molecule is COc1cc(NC(=O)Nc2cc(Br)c(O)c(Br)c2)cc(OC)c1OC. The summed E-state index contributed by atoms with van der Waals surface area (Å²) >= 11 is 6.42. The second-order valence-corrected chi connectivity index (χ2v) is 6.49. The molecule has 0 atom stereocenters. The van der Waals surface area contributed by atoms with Crippen LogP contribution >= 0.6 is 31.9 Å². The first kappa shape index (κ1) is 19.2. The minimum atomic E-state index is -0.473. The number of benzene rings is 2. The normalized spacial score (nSPS) is 10.1. The first-order valence-corrected chi connectivity index (χ1v) is 8.54. The molecule has 9 heteroatoms. The second-order valence-electron chi connectivity index (χ2n) is 4.78. The maximum atomic E-state index is 12.2. The molecule has 0 unspecified atom stereocenters. The molecule has 0 aromatic heterocycles. The zero-order valence-electron chi connectivity index (χ0n) is 13.6. The smallest absolute Gasteiger partial charge is 0.323 e. The second kappa shape index (κ2) is 8.30. The molecule has 134 valence electrons. The van der Waals surface area contributed by atoms with Crippen LogP contribution in [0, 0.1) is 0 Å². The highest BCUT2D eigenvalue weighted by Gasteiger charge is 2.15. The van der Waals surface area contributed by atoms with E-state index in [4.69, 9.17) is 14.2 Å². The number of nitrogens with one attached hydrogen (secondary N) is 2. The molecule has 0 bridgehead atoms. The van der Waals surface area contributed by atoms with Gasteiger partial charge in [-0.25, -0.2) is 4.79 Å². The van der Waals surface area contributed by atoms with E-state index in [0.29, 0.717) is 37.6 Å². The largest absolute Gasteiger partial charge is 0.506 e. The third-order valence-electron chi connectivity index (χ3n) is 3.20. The number of carbonyl (C=O) groups excluding carboxylic acids is 1. The number of hydrogen-bond acceptors (Lipinski definition) is 5. The predicted molar refractivity (Wildman–Crippen MR) is 102 cm³/mol. The third-order valence-corrected chi connectivity index (χ3v) is 4.41.